The molecule has 0 saturated carbocycles. The number of aromatic nitrogens is 3. The van der Waals surface area contributed by atoms with Crippen molar-refractivity contribution in [1.29, 1.82) is 0 Å². The number of aryl methyl sites for hydroxylation is 1. The average molecular weight is 497 g/mol. The number of nitrogens with zero attached hydrogens (tertiary/aromatic N) is 4. The van der Waals surface area contributed by atoms with Gasteiger partial charge in [0.25, 0.3) is 0 Å². The Morgan fingerprint density at radius 2 is 2.11 bits per heavy atom. The van der Waals surface area contributed by atoms with Crippen LogP contribution < -0.4 is 15.8 Å². The lowest BCUT2D eigenvalue weighted by molar-refractivity contribution is -0.142. The maximum Gasteiger partial charge on any atom is 0.320 e. The quantitative estimate of drug-likeness (QED) is 0.387. The van der Waals surface area contributed by atoms with E-state index < -0.39 is 12.0 Å². The van der Waals surface area contributed by atoms with E-state index in [1.165, 1.54) is 0 Å². The molecule has 10 heteroatoms. The zero-order chi connectivity index (χ0) is 23.9. The third kappa shape index (κ3) is 6.68. The monoisotopic (exact) mass is 496 g/mol. The van der Waals surface area contributed by atoms with Gasteiger partial charge in [-0.25, -0.2) is 9.97 Å². The second kappa shape index (κ2) is 12.5. The number of anilines is 2. The van der Waals surface area contributed by atoms with E-state index in [-0.39, 0.29) is 13.5 Å². The summed E-state index contributed by atoms with van der Waals surface area (Å²) in [6.45, 7) is 1.90. The second-order valence-electron chi connectivity index (χ2n) is 8.31. The van der Waals surface area contributed by atoms with Crippen molar-refractivity contribution in [2.75, 3.05) is 25.5 Å². The Morgan fingerprint density at radius 1 is 1.26 bits per heavy atom. The van der Waals surface area contributed by atoms with Gasteiger partial charge >= 0.3 is 5.97 Å². The predicted octanol–water partition coefficient (Wildman–Crippen LogP) is 3.34. The zero-order valence-corrected chi connectivity index (χ0v) is 20.8. The van der Waals surface area contributed by atoms with Crippen LogP contribution in [0.25, 0.3) is 11.3 Å². The van der Waals surface area contributed by atoms with Crippen LogP contribution in [0.3, 0.4) is 0 Å². The zero-order valence-electron chi connectivity index (χ0n) is 19.8. The van der Waals surface area contributed by atoms with Crippen LogP contribution >= 0.6 is 13.5 Å². The molecule has 1 saturated heterocycles. The van der Waals surface area contributed by atoms with Gasteiger partial charge in [0, 0.05) is 41.4 Å². The molecule has 35 heavy (non-hydrogen) atoms. The van der Waals surface area contributed by atoms with Gasteiger partial charge in [0.2, 0.25) is 5.95 Å². The van der Waals surface area contributed by atoms with Crippen molar-refractivity contribution in [1.82, 2.24) is 19.9 Å². The minimum atomic E-state index is -0.780. The molecule has 3 aromatic rings. The molecule has 1 aliphatic rings. The maximum atomic E-state index is 11.6. The number of carboxylic acid groups (broad SMARTS) is 1. The predicted molar refractivity (Wildman–Crippen MR) is 140 cm³/mol. The number of aliphatic carboxylic acids is 1. The van der Waals surface area contributed by atoms with Gasteiger partial charge in [0.1, 0.15) is 11.8 Å². The first-order valence-corrected chi connectivity index (χ1v) is 11.5. The Morgan fingerprint density at radius 3 is 2.83 bits per heavy atom. The molecule has 1 unspecified atom stereocenters. The Kier molecular flexibility index (Phi) is 9.41. The summed E-state index contributed by atoms with van der Waals surface area (Å²) >= 11 is 0. The molecular formula is C25H32N6O3S. The molecule has 0 amide bonds. The van der Waals surface area contributed by atoms with Gasteiger partial charge in [-0.05, 0) is 75.2 Å². The number of pyridine rings is 1. The fourth-order valence-corrected chi connectivity index (χ4v) is 4.21. The van der Waals surface area contributed by atoms with Crippen molar-refractivity contribution in [3.05, 3.63) is 60.0 Å². The smallest absolute Gasteiger partial charge is 0.320 e. The average Bonchev–Trinajstić information content (AvgIpc) is 3.32. The largest absolute Gasteiger partial charge is 0.496 e. The van der Waals surface area contributed by atoms with Crippen LogP contribution in [0.2, 0.25) is 0 Å². The number of likely N-dealkylation sites (tertiary alicyclic amines) is 1. The van der Waals surface area contributed by atoms with Gasteiger partial charge in [-0.2, -0.15) is 13.5 Å². The fourth-order valence-electron chi connectivity index (χ4n) is 4.21. The normalized spacial score (nSPS) is 15.4. The van der Waals surface area contributed by atoms with E-state index in [0.29, 0.717) is 25.5 Å². The van der Waals surface area contributed by atoms with Crippen molar-refractivity contribution in [2.45, 2.75) is 38.3 Å². The Balaban J connectivity index is 0.00000342. The minimum absolute atomic E-state index is 0. The lowest BCUT2D eigenvalue weighted by Gasteiger charge is -2.22. The third-order valence-electron chi connectivity index (χ3n) is 5.97. The van der Waals surface area contributed by atoms with E-state index in [0.717, 1.165) is 59.8 Å². The van der Waals surface area contributed by atoms with Crippen molar-refractivity contribution >= 4 is 31.1 Å². The number of ether oxygens (including phenoxy) is 1. The highest BCUT2D eigenvalue weighted by Gasteiger charge is 2.30. The Bertz CT molecular complexity index is 1130. The third-order valence-corrected chi connectivity index (χ3v) is 5.97. The molecule has 0 aliphatic carbocycles. The number of carbonyl (C=O) groups is 1. The molecule has 0 bridgehead atoms. The SMILES string of the molecule is COc1ccc(Nc2nccc(-c3ccc(CCCN)nc3)n2)cc1CN1CCCC1C(=O)O.S. The highest BCUT2D eigenvalue weighted by molar-refractivity contribution is 7.59. The molecule has 0 radical (unpaired) electrons. The molecule has 1 aromatic carbocycles. The van der Waals surface area contributed by atoms with Gasteiger partial charge in [-0.15, -0.1) is 0 Å². The molecule has 1 aliphatic heterocycles. The number of benzene rings is 1. The van der Waals surface area contributed by atoms with Crippen LogP contribution in [-0.2, 0) is 17.8 Å². The van der Waals surface area contributed by atoms with E-state index in [9.17, 15) is 9.90 Å². The van der Waals surface area contributed by atoms with Crippen LogP contribution in [0.1, 0.15) is 30.5 Å². The maximum absolute atomic E-state index is 11.6. The lowest BCUT2D eigenvalue weighted by Crippen LogP contribution is -2.35. The summed E-state index contributed by atoms with van der Waals surface area (Å²) in [4.78, 5) is 27.0. The van der Waals surface area contributed by atoms with Crippen LogP contribution in [0.5, 0.6) is 5.75 Å². The van der Waals surface area contributed by atoms with Crippen LogP contribution in [0, 0.1) is 0 Å². The molecule has 0 spiro atoms. The molecule has 4 N–H and O–H groups in total. The van der Waals surface area contributed by atoms with Crippen LogP contribution in [-0.4, -0.2) is 57.2 Å². The first-order chi connectivity index (χ1) is 16.6. The number of nitrogens with two attached hydrogens (primary N) is 1. The van der Waals surface area contributed by atoms with Crippen LogP contribution in [0.15, 0.2) is 48.8 Å². The summed E-state index contributed by atoms with van der Waals surface area (Å²) in [6.07, 6.45) is 6.83. The first-order valence-electron chi connectivity index (χ1n) is 11.5. The van der Waals surface area contributed by atoms with Gasteiger partial charge in [0.15, 0.2) is 0 Å². The number of methoxy groups -OCH3 is 1. The molecule has 3 heterocycles. The number of hydrogen-bond acceptors (Lipinski definition) is 8. The van der Waals surface area contributed by atoms with E-state index in [1.807, 2.05) is 47.5 Å². The summed E-state index contributed by atoms with van der Waals surface area (Å²) in [5.74, 6) is 0.403. The van der Waals surface area contributed by atoms with Crippen LogP contribution in [0.4, 0.5) is 11.6 Å². The Labute approximate surface area is 212 Å². The Hall–Kier alpha value is -3.21. The van der Waals surface area contributed by atoms with Gasteiger partial charge in [-0.1, -0.05) is 0 Å². The molecule has 186 valence electrons. The van der Waals surface area contributed by atoms with Crippen molar-refractivity contribution in [3.8, 4) is 17.0 Å². The van der Waals surface area contributed by atoms with Crippen molar-refractivity contribution in [3.63, 3.8) is 0 Å². The molecule has 4 rings (SSSR count). The summed E-state index contributed by atoms with van der Waals surface area (Å²) in [5.41, 5.74) is 9.98. The molecular weight excluding hydrogens is 464 g/mol. The number of rotatable bonds is 10. The van der Waals surface area contributed by atoms with E-state index in [2.05, 4.69) is 20.3 Å². The van der Waals surface area contributed by atoms with Gasteiger partial charge < -0.3 is 20.9 Å². The molecule has 2 aromatic heterocycles. The molecule has 9 nitrogen and oxygen atoms in total. The van der Waals surface area contributed by atoms with Gasteiger partial charge in [-0.3, -0.25) is 14.7 Å². The topological polar surface area (TPSA) is 126 Å². The van der Waals surface area contributed by atoms with Crippen molar-refractivity contribution in [2.24, 2.45) is 5.73 Å². The highest BCUT2D eigenvalue weighted by Crippen LogP contribution is 2.29. The lowest BCUT2D eigenvalue weighted by atomic mass is 10.1. The number of carboxylic acids is 1. The van der Waals surface area contributed by atoms with E-state index in [1.54, 1.807) is 13.3 Å². The summed E-state index contributed by atoms with van der Waals surface area (Å²) in [6, 6.07) is 11.1. The number of hydrogen-bond donors (Lipinski definition) is 3. The van der Waals surface area contributed by atoms with E-state index >= 15 is 0 Å². The summed E-state index contributed by atoms with van der Waals surface area (Å²) < 4.78 is 5.52. The second-order valence-corrected chi connectivity index (χ2v) is 8.31. The summed E-state index contributed by atoms with van der Waals surface area (Å²) in [5, 5.41) is 12.8. The number of nitrogens with one attached hydrogen (secondary N) is 1. The van der Waals surface area contributed by atoms with Gasteiger partial charge in [0.05, 0.1) is 12.8 Å². The molecule has 1 atom stereocenters. The summed E-state index contributed by atoms with van der Waals surface area (Å²) in [7, 11) is 1.62. The fraction of sp³-hybridized carbons (Fsp3) is 0.360. The minimum Gasteiger partial charge on any atom is -0.496 e. The van der Waals surface area contributed by atoms with Crippen molar-refractivity contribution < 1.29 is 14.6 Å². The standard InChI is InChI=1S/C25H30N6O3.H2S/c1-34-23-9-8-20(14-18(23)16-31-13-3-5-22(31)24(32)33)29-25-27-12-10-21(30-25)17-6-7-19(28-15-17)4-2-11-26;/h6-10,12,14-15,22H,2-5,11,13,16,26H2,1H3,(H,32,33)(H,27,29,30);1H2. The van der Waals surface area contributed by atoms with E-state index in [4.69, 9.17) is 10.5 Å². The molecule has 1 fully saturated rings. The highest BCUT2D eigenvalue weighted by atomic mass is 32.1. The first kappa shape index (κ1) is 26.4.